The first-order valence-electron chi connectivity index (χ1n) is 5.22. The molecule has 0 atom stereocenters. The number of rotatable bonds is 2. The van der Waals surface area contributed by atoms with Gasteiger partial charge in [0.1, 0.15) is 0 Å². The van der Waals surface area contributed by atoms with Gasteiger partial charge in [0.15, 0.2) is 0 Å². The molecule has 16 heavy (non-hydrogen) atoms. The number of hydrogen-bond acceptors (Lipinski definition) is 6. The van der Waals surface area contributed by atoms with Gasteiger partial charge >= 0.3 is 0 Å². The highest BCUT2D eigenvalue weighted by Crippen LogP contribution is 2.21. The third kappa shape index (κ3) is 2.51. The number of hydrogen-bond donors (Lipinski definition) is 2. The molecule has 0 amide bonds. The van der Waals surface area contributed by atoms with E-state index in [2.05, 4.69) is 15.0 Å². The molecule has 2 rings (SSSR count). The Bertz CT molecular complexity index is 347. The van der Waals surface area contributed by atoms with Gasteiger partial charge in [-0.25, -0.2) is 0 Å². The first kappa shape index (κ1) is 11.3. The van der Waals surface area contributed by atoms with Gasteiger partial charge in [-0.3, -0.25) is 0 Å². The Morgan fingerprint density at radius 3 is 2.56 bits per heavy atom. The number of anilines is 2. The van der Waals surface area contributed by atoms with E-state index in [1.165, 1.54) is 0 Å². The summed E-state index contributed by atoms with van der Waals surface area (Å²) in [6.07, 6.45) is 1.86. The van der Waals surface area contributed by atoms with Crippen LogP contribution in [0.15, 0.2) is 0 Å². The van der Waals surface area contributed by atoms with E-state index in [4.69, 9.17) is 22.4 Å². The molecule has 1 aliphatic rings. The number of nitrogen functional groups attached to an aromatic ring is 1. The molecule has 3 N–H and O–H groups in total. The summed E-state index contributed by atoms with van der Waals surface area (Å²) in [6, 6.07) is 0. The van der Waals surface area contributed by atoms with E-state index in [1.54, 1.807) is 0 Å². The van der Waals surface area contributed by atoms with E-state index in [-0.39, 0.29) is 17.8 Å². The number of aromatic nitrogens is 3. The van der Waals surface area contributed by atoms with E-state index < -0.39 is 0 Å². The molecule has 0 saturated carbocycles. The molecule has 1 aliphatic heterocycles. The fourth-order valence-corrected chi connectivity index (χ4v) is 1.97. The van der Waals surface area contributed by atoms with Crippen LogP contribution in [0.25, 0.3) is 0 Å². The maximum absolute atomic E-state index is 9.04. The number of halogens is 1. The maximum Gasteiger partial charge on any atom is 0.231 e. The molecule has 1 aromatic rings. The van der Waals surface area contributed by atoms with Crippen molar-refractivity contribution < 1.29 is 5.11 Å². The summed E-state index contributed by atoms with van der Waals surface area (Å²) in [7, 11) is 0. The lowest BCUT2D eigenvalue weighted by Crippen LogP contribution is -2.36. The molecule has 88 valence electrons. The van der Waals surface area contributed by atoms with Crippen LogP contribution >= 0.6 is 11.6 Å². The van der Waals surface area contributed by atoms with Crippen LogP contribution in [-0.4, -0.2) is 39.8 Å². The van der Waals surface area contributed by atoms with Gasteiger partial charge in [0.25, 0.3) is 0 Å². The molecule has 1 fully saturated rings. The van der Waals surface area contributed by atoms with Crippen molar-refractivity contribution in [2.75, 3.05) is 30.3 Å². The number of nitrogens with zero attached hydrogens (tertiary/aromatic N) is 4. The second-order valence-corrected chi connectivity index (χ2v) is 4.21. The highest BCUT2D eigenvalue weighted by atomic mass is 35.5. The normalized spacial score (nSPS) is 17.8. The zero-order valence-electron chi connectivity index (χ0n) is 8.80. The SMILES string of the molecule is Nc1nc(Cl)nc(N2CCC(CO)CC2)n1. The lowest BCUT2D eigenvalue weighted by atomic mass is 9.98. The van der Waals surface area contributed by atoms with Crippen LogP contribution < -0.4 is 10.6 Å². The van der Waals surface area contributed by atoms with Crippen LogP contribution in [-0.2, 0) is 0 Å². The molecule has 0 unspecified atom stereocenters. The minimum absolute atomic E-state index is 0.117. The highest BCUT2D eigenvalue weighted by molar-refractivity contribution is 6.28. The molecule has 0 aliphatic carbocycles. The molecular weight excluding hydrogens is 230 g/mol. The molecule has 0 radical (unpaired) electrons. The third-order valence-corrected chi connectivity index (χ3v) is 2.94. The summed E-state index contributed by atoms with van der Waals surface area (Å²) >= 11 is 5.72. The fourth-order valence-electron chi connectivity index (χ4n) is 1.81. The smallest absolute Gasteiger partial charge is 0.231 e. The lowest BCUT2D eigenvalue weighted by molar-refractivity contribution is 0.202. The van der Waals surface area contributed by atoms with Crippen LogP contribution in [0.5, 0.6) is 0 Å². The Balaban J connectivity index is 2.08. The van der Waals surface area contributed by atoms with Gasteiger partial charge in [0.2, 0.25) is 17.2 Å². The van der Waals surface area contributed by atoms with Crippen molar-refractivity contribution in [3.8, 4) is 0 Å². The summed E-state index contributed by atoms with van der Waals surface area (Å²) in [6.45, 7) is 1.87. The monoisotopic (exact) mass is 243 g/mol. The van der Waals surface area contributed by atoms with E-state index >= 15 is 0 Å². The van der Waals surface area contributed by atoms with Crippen molar-refractivity contribution in [1.82, 2.24) is 15.0 Å². The van der Waals surface area contributed by atoms with Gasteiger partial charge in [-0.2, -0.15) is 15.0 Å². The quantitative estimate of drug-likeness (QED) is 0.778. The van der Waals surface area contributed by atoms with Gasteiger partial charge in [-0.05, 0) is 30.4 Å². The van der Waals surface area contributed by atoms with Crippen LogP contribution in [0.3, 0.4) is 0 Å². The number of aliphatic hydroxyl groups excluding tert-OH is 1. The topological polar surface area (TPSA) is 88.2 Å². The summed E-state index contributed by atoms with van der Waals surface area (Å²) in [5, 5.41) is 9.15. The minimum atomic E-state index is 0.117. The Morgan fingerprint density at radius 2 is 2.00 bits per heavy atom. The molecule has 1 saturated heterocycles. The van der Waals surface area contributed by atoms with Crippen LogP contribution in [0.4, 0.5) is 11.9 Å². The molecule has 6 nitrogen and oxygen atoms in total. The molecule has 0 spiro atoms. The summed E-state index contributed by atoms with van der Waals surface area (Å²) in [4.78, 5) is 13.8. The van der Waals surface area contributed by atoms with E-state index in [1.807, 2.05) is 4.90 Å². The van der Waals surface area contributed by atoms with Crippen molar-refractivity contribution in [3.63, 3.8) is 0 Å². The van der Waals surface area contributed by atoms with Gasteiger partial charge in [-0.15, -0.1) is 0 Å². The first-order valence-corrected chi connectivity index (χ1v) is 5.59. The van der Waals surface area contributed by atoms with E-state index in [0.29, 0.717) is 11.9 Å². The average molecular weight is 244 g/mol. The Hall–Kier alpha value is -1.14. The molecule has 7 heteroatoms. The molecule has 0 bridgehead atoms. The Kier molecular flexibility index (Phi) is 3.40. The summed E-state index contributed by atoms with van der Waals surface area (Å²) < 4.78 is 0. The number of aliphatic hydroxyl groups is 1. The number of nitrogens with two attached hydrogens (primary N) is 1. The predicted octanol–water partition coefficient (Wildman–Crippen LogP) is 0.316. The van der Waals surface area contributed by atoms with Crippen molar-refractivity contribution in [3.05, 3.63) is 5.28 Å². The summed E-state index contributed by atoms with van der Waals surface area (Å²) in [5.41, 5.74) is 5.51. The van der Waals surface area contributed by atoms with Crippen LogP contribution in [0.2, 0.25) is 5.28 Å². The molecule has 0 aromatic carbocycles. The van der Waals surface area contributed by atoms with Crippen LogP contribution in [0.1, 0.15) is 12.8 Å². The third-order valence-electron chi connectivity index (χ3n) is 2.77. The molecule has 2 heterocycles. The van der Waals surface area contributed by atoms with Crippen molar-refractivity contribution in [1.29, 1.82) is 0 Å². The van der Waals surface area contributed by atoms with E-state index in [0.717, 1.165) is 25.9 Å². The highest BCUT2D eigenvalue weighted by Gasteiger charge is 2.20. The Morgan fingerprint density at radius 1 is 1.31 bits per heavy atom. The largest absolute Gasteiger partial charge is 0.396 e. The maximum atomic E-state index is 9.04. The van der Waals surface area contributed by atoms with Gasteiger partial charge in [0.05, 0.1) is 0 Å². The van der Waals surface area contributed by atoms with Crippen molar-refractivity contribution >= 4 is 23.5 Å². The standard InChI is InChI=1S/C9H14ClN5O/c10-7-12-8(11)14-9(13-7)15-3-1-6(5-16)2-4-15/h6,16H,1-5H2,(H2,11,12,13,14). The molecule has 1 aromatic heterocycles. The van der Waals surface area contributed by atoms with Gasteiger partial charge in [-0.1, -0.05) is 0 Å². The second kappa shape index (κ2) is 4.80. The average Bonchev–Trinajstić information content (AvgIpc) is 2.28. The van der Waals surface area contributed by atoms with E-state index in [9.17, 15) is 0 Å². The van der Waals surface area contributed by atoms with Gasteiger partial charge < -0.3 is 15.7 Å². The van der Waals surface area contributed by atoms with Crippen molar-refractivity contribution in [2.24, 2.45) is 5.92 Å². The molecular formula is C9H14ClN5O. The lowest BCUT2D eigenvalue weighted by Gasteiger charge is -2.30. The zero-order valence-corrected chi connectivity index (χ0v) is 9.56. The number of piperidine rings is 1. The fraction of sp³-hybridized carbons (Fsp3) is 0.667. The minimum Gasteiger partial charge on any atom is -0.396 e. The first-order chi connectivity index (χ1) is 7.69. The summed E-state index contributed by atoms with van der Waals surface area (Å²) in [5.74, 6) is 1.04. The zero-order chi connectivity index (χ0) is 11.5. The Labute approximate surface area is 98.5 Å². The van der Waals surface area contributed by atoms with Crippen LogP contribution in [0, 0.1) is 5.92 Å². The second-order valence-electron chi connectivity index (χ2n) is 3.88. The predicted molar refractivity (Wildman–Crippen MR) is 61.3 cm³/mol. The van der Waals surface area contributed by atoms with Gasteiger partial charge in [0, 0.05) is 19.7 Å². The van der Waals surface area contributed by atoms with Crippen molar-refractivity contribution in [2.45, 2.75) is 12.8 Å².